The smallest absolute Gasteiger partial charge is 0.107 e. The maximum Gasteiger partial charge on any atom is 0.107 e. The Labute approximate surface area is 120 Å². The number of thiophene rings is 1. The molecule has 17 heavy (non-hydrogen) atoms. The van der Waals surface area contributed by atoms with Gasteiger partial charge in [0.2, 0.25) is 0 Å². The van der Waals surface area contributed by atoms with Crippen LogP contribution in [-0.4, -0.2) is 24.5 Å². The minimum atomic E-state index is 0.785. The second-order valence-corrected chi connectivity index (χ2v) is 7.25. The van der Waals surface area contributed by atoms with Crippen molar-refractivity contribution >= 4 is 38.9 Å². The van der Waals surface area contributed by atoms with Crippen molar-refractivity contribution in [1.29, 1.82) is 0 Å². The van der Waals surface area contributed by atoms with Crippen molar-refractivity contribution in [3.05, 3.63) is 19.8 Å². The first-order valence-electron chi connectivity index (χ1n) is 6.05. The molecule has 1 aliphatic rings. The summed E-state index contributed by atoms with van der Waals surface area (Å²) in [6.45, 7) is 4.23. The summed E-state index contributed by atoms with van der Waals surface area (Å²) in [5.41, 5.74) is 5.64. The molecule has 0 saturated carbocycles. The molecule has 0 aromatic carbocycles. The highest BCUT2D eigenvalue weighted by atomic mass is 79.9. The fourth-order valence-corrected chi connectivity index (χ4v) is 4.29. The highest BCUT2D eigenvalue weighted by Gasteiger charge is 2.20. The van der Waals surface area contributed by atoms with Gasteiger partial charge < -0.3 is 5.73 Å². The first kappa shape index (κ1) is 13.8. The van der Waals surface area contributed by atoms with Crippen molar-refractivity contribution in [3.63, 3.8) is 0 Å². The molecule has 1 unspecified atom stereocenters. The van der Waals surface area contributed by atoms with E-state index in [0.29, 0.717) is 0 Å². The molecule has 2 nitrogen and oxygen atoms in total. The van der Waals surface area contributed by atoms with E-state index >= 15 is 0 Å². The normalized spacial score (nSPS) is 21.9. The lowest BCUT2D eigenvalue weighted by Gasteiger charge is -2.32. The Morgan fingerprint density at radius 3 is 3.06 bits per heavy atom. The molecule has 0 radical (unpaired) electrons. The zero-order valence-electron chi connectivity index (χ0n) is 9.79. The highest BCUT2D eigenvalue weighted by molar-refractivity contribution is 9.10. The number of nitrogens with two attached hydrogens (primary N) is 1. The van der Waals surface area contributed by atoms with Gasteiger partial charge in [0.25, 0.3) is 0 Å². The largest absolute Gasteiger partial charge is 0.330 e. The van der Waals surface area contributed by atoms with Gasteiger partial charge in [0.15, 0.2) is 0 Å². The number of likely N-dealkylation sites (tertiary alicyclic amines) is 1. The standard InChI is InChI=1S/C12H18BrClN2S/c13-11-6-10(17-12(11)14)8-16-5-1-2-9(7-16)3-4-15/h6,9H,1-5,7-8,15H2. The molecule has 2 N–H and O–H groups in total. The number of rotatable bonds is 4. The lowest BCUT2D eigenvalue weighted by molar-refractivity contribution is 0.164. The van der Waals surface area contributed by atoms with Gasteiger partial charge in [0, 0.05) is 22.4 Å². The molecule has 2 heterocycles. The summed E-state index contributed by atoms with van der Waals surface area (Å²) >= 11 is 11.2. The topological polar surface area (TPSA) is 29.3 Å². The molecule has 96 valence electrons. The monoisotopic (exact) mass is 336 g/mol. The second-order valence-electron chi connectivity index (χ2n) is 4.66. The van der Waals surface area contributed by atoms with Crippen LogP contribution >= 0.6 is 38.9 Å². The second kappa shape index (κ2) is 6.53. The summed E-state index contributed by atoms with van der Waals surface area (Å²) in [5, 5.41) is 0. The van der Waals surface area contributed by atoms with Gasteiger partial charge in [-0.1, -0.05) is 11.6 Å². The van der Waals surface area contributed by atoms with Gasteiger partial charge in [0.1, 0.15) is 4.34 Å². The summed E-state index contributed by atoms with van der Waals surface area (Å²) < 4.78 is 1.88. The predicted octanol–water partition coefficient (Wildman–Crippen LogP) is 3.72. The van der Waals surface area contributed by atoms with Crippen LogP contribution in [0.5, 0.6) is 0 Å². The third kappa shape index (κ3) is 3.93. The van der Waals surface area contributed by atoms with Crippen LogP contribution in [0.2, 0.25) is 4.34 Å². The number of hydrogen-bond acceptors (Lipinski definition) is 3. The maximum atomic E-state index is 6.06. The van der Waals surface area contributed by atoms with Crippen LogP contribution < -0.4 is 5.73 Å². The van der Waals surface area contributed by atoms with Crippen molar-refractivity contribution < 1.29 is 0 Å². The van der Waals surface area contributed by atoms with E-state index in [1.54, 1.807) is 11.3 Å². The molecule has 0 amide bonds. The molecular formula is C12H18BrClN2S. The van der Waals surface area contributed by atoms with Crippen LogP contribution in [-0.2, 0) is 6.54 Å². The Morgan fingerprint density at radius 1 is 1.59 bits per heavy atom. The van der Waals surface area contributed by atoms with E-state index in [-0.39, 0.29) is 0 Å². The summed E-state index contributed by atoms with van der Waals surface area (Å²) in [4.78, 5) is 3.87. The summed E-state index contributed by atoms with van der Waals surface area (Å²) in [7, 11) is 0. The van der Waals surface area contributed by atoms with Crippen LogP contribution in [0.25, 0.3) is 0 Å². The third-order valence-electron chi connectivity index (χ3n) is 3.25. The molecule has 0 spiro atoms. The summed E-state index contributed by atoms with van der Waals surface area (Å²) in [6.07, 6.45) is 3.79. The minimum Gasteiger partial charge on any atom is -0.330 e. The fourth-order valence-electron chi connectivity index (χ4n) is 2.46. The molecular weight excluding hydrogens is 320 g/mol. The first-order chi connectivity index (χ1) is 8.19. The van der Waals surface area contributed by atoms with Crippen molar-refractivity contribution in [1.82, 2.24) is 4.90 Å². The SMILES string of the molecule is NCCC1CCCN(Cc2cc(Br)c(Cl)s2)C1. The first-order valence-corrected chi connectivity index (χ1v) is 8.04. The fraction of sp³-hybridized carbons (Fsp3) is 0.667. The van der Waals surface area contributed by atoms with Crippen LogP contribution in [0.15, 0.2) is 10.5 Å². The zero-order chi connectivity index (χ0) is 12.3. The van der Waals surface area contributed by atoms with Gasteiger partial charge in [-0.25, -0.2) is 0 Å². The average molecular weight is 338 g/mol. The molecule has 1 atom stereocenters. The maximum absolute atomic E-state index is 6.06. The van der Waals surface area contributed by atoms with E-state index in [4.69, 9.17) is 17.3 Å². The van der Waals surface area contributed by atoms with E-state index in [1.807, 2.05) is 0 Å². The average Bonchev–Trinajstić information content (AvgIpc) is 2.59. The number of nitrogens with zero attached hydrogens (tertiary/aromatic N) is 1. The van der Waals surface area contributed by atoms with Gasteiger partial charge >= 0.3 is 0 Å². The van der Waals surface area contributed by atoms with Crippen LogP contribution in [0.4, 0.5) is 0 Å². The summed E-state index contributed by atoms with van der Waals surface area (Å²) in [5.74, 6) is 0.785. The van der Waals surface area contributed by atoms with E-state index in [2.05, 4.69) is 26.9 Å². The molecule has 0 bridgehead atoms. The van der Waals surface area contributed by atoms with Gasteiger partial charge in [-0.2, -0.15) is 0 Å². The lowest BCUT2D eigenvalue weighted by Crippen LogP contribution is -2.35. The number of halogens is 2. The van der Waals surface area contributed by atoms with Crippen LogP contribution in [0.1, 0.15) is 24.1 Å². The Hall–Kier alpha value is 0.390. The predicted molar refractivity (Wildman–Crippen MR) is 78.7 cm³/mol. The third-order valence-corrected chi connectivity index (χ3v) is 5.71. The Morgan fingerprint density at radius 2 is 2.41 bits per heavy atom. The molecule has 2 rings (SSSR count). The van der Waals surface area contributed by atoms with Crippen molar-refractivity contribution in [2.75, 3.05) is 19.6 Å². The minimum absolute atomic E-state index is 0.785. The molecule has 1 aliphatic heterocycles. The van der Waals surface area contributed by atoms with E-state index in [9.17, 15) is 0 Å². The van der Waals surface area contributed by atoms with Gasteiger partial charge in [-0.05, 0) is 60.3 Å². The van der Waals surface area contributed by atoms with Crippen molar-refractivity contribution in [2.24, 2.45) is 11.7 Å². The number of piperidine rings is 1. The Kier molecular flexibility index (Phi) is 5.30. The van der Waals surface area contributed by atoms with Gasteiger partial charge in [0.05, 0.1) is 0 Å². The van der Waals surface area contributed by atoms with Gasteiger partial charge in [-0.3, -0.25) is 4.90 Å². The van der Waals surface area contributed by atoms with E-state index in [0.717, 1.165) is 34.2 Å². The molecule has 0 aliphatic carbocycles. The Balaban J connectivity index is 1.90. The van der Waals surface area contributed by atoms with E-state index < -0.39 is 0 Å². The zero-order valence-corrected chi connectivity index (χ0v) is 13.0. The van der Waals surface area contributed by atoms with Crippen molar-refractivity contribution in [3.8, 4) is 0 Å². The Bertz CT molecular complexity index is 348. The number of hydrogen-bond donors (Lipinski definition) is 1. The van der Waals surface area contributed by atoms with Gasteiger partial charge in [-0.15, -0.1) is 11.3 Å². The molecule has 5 heteroatoms. The molecule has 1 fully saturated rings. The highest BCUT2D eigenvalue weighted by Crippen LogP contribution is 2.33. The van der Waals surface area contributed by atoms with E-state index in [1.165, 1.54) is 30.8 Å². The van der Waals surface area contributed by atoms with Crippen molar-refractivity contribution in [2.45, 2.75) is 25.8 Å². The molecule has 1 aromatic rings. The van der Waals surface area contributed by atoms with Crippen LogP contribution in [0, 0.1) is 5.92 Å². The molecule has 1 saturated heterocycles. The lowest BCUT2D eigenvalue weighted by atomic mass is 9.95. The van der Waals surface area contributed by atoms with Crippen LogP contribution in [0.3, 0.4) is 0 Å². The summed E-state index contributed by atoms with van der Waals surface area (Å²) in [6, 6.07) is 2.14. The quantitative estimate of drug-likeness (QED) is 0.907. The molecule has 1 aromatic heterocycles.